The Morgan fingerprint density at radius 3 is 2.67 bits per heavy atom. The molecule has 0 spiro atoms. The molecular formula is C19H34N5O5P. The van der Waals surface area contributed by atoms with Crippen molar-refractivity contribution >= 4 is 25.0 Å². The molecular weight excluding hydrogens is 409 g/mol. The van der Waals surface area contributed by atoms with Gasteiger partial charge in [0.25, 0.3) is 0 Å². The second kappa shape index (κ2) is 11.2. The fraction of sp³-hybridized carbons (Fsp3) is 0.737. The Morgan fingerprint density at radius 1 is 1.33 bits per heavy atom. The predicted octanol–water partition coefficient (Wildman–Crippen LogP) is 2.58. The Bertz CT molecular complexity index is 835. The van der Waals surface area contributed by atoms with Crippen LogP contribution >= 0.6 is 8.03 Å². The molecule has 0 amide bonds. The molecule has 30 heavy (non-hydrogen) atoms. The number of aliphatic hydroxyl groups excluding tert-OH is 2. The van der Waals surface area contributed by atoms with Crippen LogP contribution in [0, 0.1) is 0 Å². The van der Waals surface area contributed by atoms with Crippen LogP contribution in [0.4, 0.5) is 5.82 Å². The number of imidazole rings is 1. The highest BCUT2D eigenvalue weighted by molar-refractivity contribution is 7.40. The second-order valence-corrected chi connectivity index (χ2v) is 9.42. The van der Waals surface area contributed by atoms with Crippen molar-refractivity contribution in [2.24, 2.45) is 0 Å². The summed E-state index contributed by atoms with van der Waals surface area (Å²) in [7, 11) is -0.440. The Hall–Kier alpha value is -1.58. The third kappa shape index (κ3) is 5.76. The normalized spacial score (nSPS) is 18.0. The summed E-state index contributed by atoms with van der Waals surface area (Å²) in [6.45, 7) is 7.54. The van der Waals surface area contributed by atoms with Crippen molar-refractivity contribution < 1.29 is 24.0 Å². The maximum atomic E-state index is 12.4. The summed E-state index contributed by atoms with van der Waals surface area (Å²) in [5, 5.41) is 22.8. The highest BCUT2D eigenvalue weighted by Crippen LogP contribution is 2.39. The van der Waals surface area contributed by atoms with Gasteiger partial charge in [0, 0.05) is 19.1 Å². The third-order valence-corrected chi connectivity index (χ3v) is 7.32. The van der Waals surface area contributed by atoms with Crippen molar-refractivity contribution in [3.8, 4) is 0 Å². The maximum Gasteiger partial charge on any atom is 0.194 e. The van der Waals surface area contributed by atoms with E-state index in [1.54, 1.807) is 11.6 Å². The highest BCUT2D eigenvalue weighted by Gasteiger charge is 2.29. The average molecular weight is 443 g/mol. The molecule has 2 heterocycles. The van der Waals surface area contributed by atoms with Gasteiger partial charge in [0.1, 0.15) is 17.9 Å². The highest BCUT2D eigenvalue weighted by atomic mass is 31.1. The van der Waals surface area contributed by atoms with E-state index in [9.17, 15) is 14.8 Å². The summed E-state index contributed by atoms with van der Waals surface area (Å²) in [5.41, 5.74) is 0.423. The number of nitrogens with one attached hydrogen (secondary N) is 1. The van der Waals surface area contributed by atoms with Gasteiger partial charge in [-0.25, -0.2) is 15.0 Å². The number of aromatic nitrogens is 4. The average Bonchev–Trinajstić information content (AvgIpc) is 3.19. The van der Waals surface area contributed by atoms with Crippen molar-refractivity contribution in [3.05, 3.63) is 12.7 Å². The van der Waals surface area contributed by atoms with E-state index in [2.05, 4.69) is 20.3 Å². The standard InChI is InChI=1S/C19H34N5O5P/c1-6-13(3)30(27)29-19(4,7-2)8-9-28-18(14(26)10-25)24-12-23-15-16(20-5)21-11-22-17(15)24/h11-14,18,25-26,30H,6-10H2,1-5H3,(H,20,21,22)/t13?,14-,18?,19?/m1/s1. The molecule has 5 atom stereocenters. The van der Waals surface area contributed by atoms with Crippen LogP contribution in [0.3, 0.4) is 0 Å². The lowest BCUT2D eigenvalue weighted by atomic mass is 10.0. The van der Waals surface area contributed by atoms with Crippen LogP contribution in [-0.4, -0.2) is 67.4 Å². The molecule has 0 aliphatic rings. The summed E-state index contributed by atoms with van der Waals surface area (Å²) >= 11 is 0. The van der Waals surface area contributed by atoms with Gasteiger partial charge in [-0.3, -0.25) is 9.13 Å². The van der Waals surface area contributed by atoms with Gasteiger partial charge in [0.15, 0.2) is 25.7 Å². The summed E-state index contributed by atoms with van der Waals surface area (Å²) < 4.78 is 25.8. The monoisotopic (exact) mass is 443 g/mol. The van der Waals surface area contributed by atoms with Gasteiger partial charge in [-0.1, -0.05) is 20.8 Å². The van der Waals surface area contributed by atoms with Gasteiger partial charge in [0.2, 0.25) is 0 Å². The molecule has 0 saturated carbocycles. The number of hydrogen-bond donors (Lipinski definition) is 3. The van der Waals surface area contributed by atoms with Gasteiger partial charge >= 0.3 is 0 Å². The second-order valence-electron chi connectivity index (χ2n) is 7.59. The fourth-order valence-electron chi connectivity index (χ4n) is 2.89. The van der Waals surface area contributed by atoms with E-state index in [-0.39, 0.29) is 12.3 Å². The molecule has 11 heteroatoms. The number of fused-ring (bicyclic) bond motifs is 1. The summed E-state index contributed by atoms with van der Waals surface area (Å²) in [6, 6.07) is 0. The molecule has 3 N–H and O–H groups in total. The SMILES string of the molecule is CCC(C)[PH](=O)OC(C)(CC)CCOC([C@H](O)CO)n1cnc2c(NC)ncnc21. The lowest BCUT2D eigenvalue weighted by Crippen LogP contribution is -2.33. The zero-order valence-electron chi connectivity index (χ0n) is 18.3. The fourth-order valence-corrected chi connectivity index (χ4v) is 4.16. The van der Waals surface area contributed by atoms with Gasteiger partial charge in [-0.15, -0.1) is 0 Å². The lowest BCUT2D eigenvalue weighted by Gasteiger charge is -2.31. The van der Waals surface area contributed by atoms with E-state index in [1.807, 2.05) is 27.7 Å². The molecule has 4 unspecified atom stereocenters. The molecule has 0 aromatic carbocycles. The first-order valence-electron chi connectivity index (χ1n) is 10.3. The van der Waals surface area contributed by atoms with Gasteiger partial charge < -0.3 is 24.8 Å². The number of nitrogens with zero attached hydrogens (tertiary/aromatic N) is 4. The van der Waals surface area contributed by atoms with Crippen molar-refractivity contribution in [2.45, 2.75) is 70.5 Å². The largest absolute Gasteiger partial charge is 0.394 e. The van der Waals surface area contributed by atoms with Crippen LogP contribution in [0.5, 0.6) is 0 Å². The van der Waals surface area contributed by atoms with Crippen molar-refractivity contribution in [3.63, 3.8) is 0 Å². The van der Waals surface area contributed by atoms with E-state index in [4.69, 9.17) is 9.26 Å². The van der Waals surface area contributed by atoms with Gasteiger partial charge in [-0.05, 0) is 19.8 Å². The summed E-state index contributed by atoms with van der Waals surface area (Å²) in [4.78, 5) is 12.7. The first-order valence-corrected chi connectivity index (χ1v) is 11.7. The van der Waals surface area contributed by atoms with E-state index < -0.39 is 32.6 Å². The van der Waals surface area contributed by atoms with Crippen molar-refractivity contribution in [2.75, 3.05) is 25.6 Å². The molecule has 170 valence electrons. The number of ether oxygens (including phenoxy) is 1. The Balaban J connectivity index is 2.15. The Morgan fingerprint density at radius 2 is 2.07 bits per heavy atom. The molecule has 0 aliphatic carbocycles. The van der Waals surface area contributed by atoms with Crippen LogP contribution in [0.25, 0.3) is 11.2 Å². The molecule has 0 fully saturated rings. The van der Waals surface area contributed by atoms with Crippen LogP contribution in [-0.2, 0) is 13.8 Å². The van der Waals surface area contributed by atoms with Crippen LogP contribution in [0.15, 0.2) is 12.7 Å². The molecule has 2 aromatic heterocycles. The molecule has 0 bridgehead atoms. The molecule has 0 radical (unpaired) electrons. The van der Waals surface area contributed by atoms with Gasteiger partial charge in [0.05, 0.1) is 25.1 Å². The zero-order valence-corrected chi connectivity index (χ0v) is 19.3. The molecule has 2 aromatic rings. The maximum absolute atomic E-state index is 12.4. The number of anilines is 1. The van der Waals surface area contributed by atoms with Gasteiger partial charge in [-0.2, -0.15) is 0 Å². The number of hydrogen-bond acceptors (Lipinski definition) is 9. The smallest absolute Gasteiger partial charge is 0.194 e. The zero-order chi connectivity index (χ0) is 22.3. The lowest BCUT2D eigenvalue weighted by molar-refractivity contribution is -0.105. The minimum Gasteiger partial charge on any atom is -0.394 e. The van der Waals surface area contributed by atoms with Crippen molar-refractivity contribution in [1.29, 1.82) is 0 Å². The molecule has 0 saturated heterocycles. The minimum atomic E-state index is -2.17. The van der Waals surface area contributed by atoms with E-state index in [1.165, 1.54) is 12.7 Å². The topological polar surface area (TPSA) is 132 Å². The number of aliphatic hydroxyl groups is 2. The first-order chi connectivity index (χ1) is 14.3. The number of rotatable bonds is 13. The molecule has 10 nitrogen and oxygen atoms in total. The van der Waals surface area contributed by atoms with E-state index in [0.717, 1.165) is 6.42 Å². The third-order valence-electron chi connectivity index (χ3n) is 5.42. The molecule has 2 rings (SSSR count). The first kappa shape index (κ1) is 24.7. The van der Waals surface area contributed by atoms with Crippen LogP contribution in [0.2, 0.25) is 0 Å². The van der Waals surface area contributed by atoms with Crippen LogP contribution in [0.1, 0.15) is 53.2 Å². The minimum absolute atomic E-state index is 0.0177. The summed E-state index contributed by atoms with van der Waals surface area (Å²) in [6.07, 6.45) is 2.76. The predicted molar refractivity (Wildman–Crippen MR) is 116 cm³/mol. The molecule has 0 aliphatic heterocycles. The Labute approximate surface area is 177 Å². The Kier molecular flexibility index (Phi) is 9.18. The van der Waals surface area contributed by atoms with E-state index >= 15 is 0 Å². The van der Waals surface area contributed by atoms with E-state index in [0.29, 0.717) is 29.8 Å². The summed E-state index contributed by atoms with van der Waals surface area (Å²) in [5.74, 6) is 0.554. The van der Waals surface area contributed by atoms with Crippen LogP contribution < -0.4 is 5.32 Å². The quantitative estimate of drug-likeness (QED) is 0.400. The van der Waals surface area contributed by atoms with Crippen molar-refractivity contribution in [1.82, 2.24) is 19.5 Å².